The molecule has 0 aromatic rings. The Bertz CT molecular complexity index is 541. The zero-order valence-corrected chi connectivity index (χ0v) is 18.1. The summed E-state index contributed by atoms with van der Waals surface area (Å²) in [6.45, 7) is 0. The minimum Gasteiger partial charge on any atom is -0.300 e. The molecular weight excluding hydrogens is 344 g/mol. The molecule has 4 fully saturated rings. The van der Waals surface area contributed by atoms with E-state index in [1.165, 1.54) is 83.5 Å². The van der Waals surface area contributed by atoms with Gasteiger partial charge in [-0.1, -0.05) is 64.2 Å². The second kappa shape index (κ2) is 9.43. The van der Waals surface area contributed by atoms with E-state index in [0.29, 0.717) is 23.4 Å². The van der Waals surface area contributed by atoms with Gasteiger partial charge < -0.3 is 0 Å². The first-order chi connectivity index (χ1) is 13.7. The molecule has 0 N–H and O–H groups in total. The number of hydrogen-bond donors (Lipinski definition) is 0. The molecule has 0 saturated heterocycles. The van der Waals surface area contributed by atoms with Gasteiger partial charge in [0.2, 0.25) is 0 Å². The van der Waals surface area contributed by atoms with Crippen molar-refractivity contribution in [1.29, 1.82) is 0 Å². The van der Waals surface area contributed by atoms with Crippen molar-refractivity contribution in [1.82, 2.24) is 0 Å². The molecule has 3 unspecified atom stereocenters. The van der Waals surface area contributed by atoms with Crippen LogP contribution in [-0.4, -0.2) is 11.6 Å². The fraction of sp³-hybridized carbons (Fsp3) is 0.923. The minimum absolute atomic E-state index is 0.221. The predicted octanol–water partition coefficient (Wildman–Crippen LogP) is 7.04. The normalized spacial score (nSPS) is 32.5. The number of fused-ring (bicyclic) bond motifs is 1. The van der Waals surface area contributed by atoms with E-state index < -0.39 is 0 Å². The van der Waals surface area contributed by atoms with Gasteiger partial charge in [0.1, 0.15) is 11.6 Å². The number of hydrogen-bond acceptors (Lipinski definition) is 2. The number of ketones is 2. The number of carbonyl (C=O) groups excluding carboxylic acids is 2. The zero-order chi connectivity index (χ0) is 19.4. The maximum absolute atomic E-state index is 13.2. The molecule has 4 rings (SSSR count). The number of rotatable bonds is 9. The molecule has 0 radical (unpaired) electrons. The highest BCUT2D eigenvalue weighted by molar-refractivity contribution is 5.82. The summed E-state index contributed by atoms with van der Waals surface area (Å²) in [7, 11) is 0. The Balaban J connectivity index is 1.23. The Labute approximate surface area is 172 Å². The number of Topliss-reactive ketones (excluding diaryl/α,β-unsaturated/α-hetero) is 2. The van der Waals surface area contributed by atoms with Gasteiger partial charge in [0.15, 0.2) is 0 Å². The lowest BCUT2D eigenvalue weighted by Crippen LogP contribution is -2.31. The van der Waals surface area contributed by atoms with E-state index in [9.17, 15) is 9.59 Å². The van der Waals surface area contributed by atoms with Crippen LogP contribution >= 0.6 is 0 Å². The van der Waals surface area contributed by atoms with E-state index >= 15 is 0 Å². The summed E-state index contributed by atoms with van der Waals surface area (Å²) < 4.78 is 0. The molecule has 4 aliphatic carbocycles. The molecule has 2 nitrogen and oxygen atoms in total. The average molecular weight is 387 g/mol. The second-order valence-corrected chi connectivity index (χ2v) is 11.0. The van der Waals surface area contributed by atoms with Crippen LogP contribution in [0, 0.1) is 29.1 Å². The van der Waals surface area contributed by atoms with Crippen molar-refractivity contribution in [3.05, 3.63) is 0 Å². The van der Waals surface area contributed by atoms with Gasteiger partial charge in [-0.25, -0.2) is 0 Å². The topological polar surface area (TPSA) is 34.1 Å². The molecule has 4 aliphatic rings. The quantitative estimate of drug-likeness (QED) is 0.426. The van der Waals surface area contributed by atoms with Crippen molar-refractivity contribution in [2.75, 3.05) is 0 Å². The summed E-state index contributed by atoms with van der Waals surface area (Å²) in [4.78, 5) is 25.7. The monoisotopic (exact) mass is 386 g/mol. The largest absolute Gasteiger partial charge is 0.300 e. The van der Waals surface area contributed by atoms with Crippen molar-refractivity contribution in [2.45, 2.75) is 122 Å². The predicted molar refractivity (Wildman–Crippen MR) is 114 cm³/mol. The molecule has 4 saturated carbocycles. The molecule has 28 heavy (non-hydrogen) atoms. The Hall–Kier alpha value is -0.660. The molecule has 0 amide bonds. The van der Waals surface area contributed by atoms with Crippen LogP contribution in [-0.2, 0) is 9.59 Å². The molecule has 0 bridgehead atoms. The van der Waals surface area contributed by atoms with E-state index in [0.717, 1.165) is 50.4 Å². The van der Waals surface area contributed by atoms with Gasteiger partial charge in [-0.2, -0.15) is 0 Å². The molecule has 3 atom stereocenters. The van der Waals surface area contributed by atoms with Gasteiger partial charge in [0, 0.05) is 25.2 Å². The maximum Gasteiger partial charge on any atom is 0.136 e. The van der Waals surface area contributed by atoms with Crippen LogP contribution in [0.3, 0.4) is 0 Å². The van der Waals surface area contributed by atoms with Gasteiger partial charge >= 0.3 is 0 Å². The van der Waals surface area contributed by atoms with Crippen molar-refractivity contribution in [3.63, 3.8) is 0 Å². The van der Waals surface area contributed by atoms with Crippen molar-refractivity contribution >= 4 is 11.6 Å². The lowest BCUT2D eigenvalue weighted by molar-refractivity contribution is -0.127. The smallest absolute Gasteiger partial charge is 0.136 e. The van der Waals surface area contributed by atoms with E-state index in [-0.39, 0.29) is 5.41 Å². The molecule has 0 aliphatic heterocycles. The van der Waals surface area contributed by atoms with E-state index in [4.69, 9.17) is 0 Å². The second-order valence-electron chi connectivity index (χ2n) is 11.0. The Morgan fingerprint density at radius 2 is 1.39 bits per heavy atom. The lowest BCUT2D eigenvalue weighted by Gasteiger charge is -2.35. The highest BCUT2D eigenvalue weighted by atomic mass is 16.1. The van der Waals surface area contributed by atoms with Gasteiger partial charge in [-0.05, 0) is 61.7 Å². The van der Waals surface area contributed by atoms with Crippen LogP contribution in [0.15, 0.2) is 0 Å². The van der Waals surface area contributed by atoms with Crippen LogP contribution in [0.2, 0.25) is 0 Å². The van der Waals surface area contributed by atoms with Gasteiger partial charge in [0.25, 0.3) is 0 Å². The highest BCUT2D eigenvalue weighted by Crippen LogP contribution is 2.53. The minimum atomic E-state index is 0.221. The number of carbonyl (C=O) groups is 2. The third kappa shape index (κ3) is 5.28. The van der Waals surface area contributed by atoms with E-state index in [1.807, 2.05) is 0 Å². The van der Waals surface area contributed by atoms with Crippen LogP contribution in [0.1, 0.15) is 122 Å². The Morgan fingerprint density at radius 3 is 2.11 bits per heavy atom. The van der Waals surface area contributed by atoms with Crippen LogP contribution in [0.5, 0.6) is 0 Å². The van der Waals surface area contributed by atoms with Crippen molar-refractivity contribution < 1.29 is 9.59 Å². The summed E-state index contributed by atoms with van der Waals surface area (Å²) in [5.74, 6) is 3.73. The molecule has 158 valence electrons. The third-order valence-electron chi connectivity index (χ3n) is 8.98. The van der Waals surface area contributed by atoms with Crippen LogP contribution in [0.25, 0.3) is 0 Å². The summed E-state index contributed by atoms with van der Waals surface area (Å²) in [6.07, 6.45) is 22.7. The summed E-state index contributed by atoms with van der Waals surface area (Å²) in [5, 5.41) is 0. The van der Waals surface area contributed by atoms with E-state index in [2.05, 4.69) is 0 Å². The molecule has 0 heterocycles. The molecular formula is C26H42O2. The molecule has 0 spiro atoms. The van der Waals surface area contributed by atoms with Crippen LogP contribution < -0.4 is 0 Å². The first-order valence-electron chi connectivity index (χ1n) is 12.7. The average Bonchev–Trinajstić information content (AvgIpc) is 3.33. The summed E-state index contributed by atoms with van der Waals surface area (Å²) in [5.41, 5.74) is 0.221. The van der Waals surface area contributed by atoms with Gasteiger partial charge in [0.05, 0.1) is 0 Å². The van der Waals surface area contributed by atoms with Gasteiger partial charge in [-0.15, -0.1) is 0 Å². The van der Waals surface area contributed by atoms with Gasteiger partial charge in [-0.3, -0.25) is 9.59 Å². The third-order valence-corrected chi connectivity index (χ3v) is 8.98. The molecule has 2 heteroatoms. The van der Waals surface area contributed by atoms with Crippen LogP contribution in [0.4, 0.5) is 0 Å². The summed E-state index contributed by atoms with van der Waals surface area (Å²) >= 11 is 0. The Morgan fingerprint density at radius 1 is 0.750 bits per heavy atom. The molecule has 0 aromatic heterocycles. The fourth-order valence-corrected chi connectivity index (χ4v) is 6.95. The zero-order valence-electron chi connectivity index (χ0n) is 18.1. The highest BCUT2D eigenvalue weighted by Gasteiger charge is 2.45. The SMILES string of the molecule is O=C(CCC1CCCC1)CC1(CCC(=O)C2CCCCC3CCCCC32)CC1. The van der Waals surface area contributed by atoms with E-state index in [1.54, 1.807) is 0 Å². The summed E-state index contributed by atoms with van der Waals surface area (Å²) in [6, 6.07) is 0. The first kappa shape index (κ1) is 20.6. The Kier molecular flexibility index (Phi) is 6.94. The standard InChI is InChI=1S/C26H42O2/c27-22(14-13-20-7-1-2-8-20)19-26(17-18-26)16-15-25(28)24-12-6-4-10-21-9-3-5-11-23(21)24/h20-21,23-24H,1-19H2. The van der Waals surface area contributed by atoms with Crippen molar-refractivity contribution in [2.24, 2.45) is 29.1 Å². The lowest BCUT2D eigenvalue weighted by atomic mass is 9.69. The first-order valence-corrected chi connectivity index (χ1v) is 12.7. The fourth-order valence-electron chi connectivity index (χ4n) is 6.95. The maximum atomic E-state index is 13.2. The molecule has 0 aromatic carbocycles. The van der Waals surface area contributed by atoms with Crippen molar-refractivity contribution in [3.8, 4) is 0 Å².